The van der Waals surface area contributed by atoms with Gasteiger partial charge in [-0.25, -0.2) is 4.68 Å². The van der Waals surface area contributed by atoms with Crippen molar-refractivity contribution in [2.75, 3.05) is 5.32 Å². The van der Waals surface area contributed by atoms with E-state index >= 15 is 0 Å². The maximum atomic E-state index is 12.0. The first-order valence-corrected chi connectivity index (χ1v) is 6.77. The summed E-state index contributed by atoms with van der Waals surface area (Å²) in [5.41, 5.74) is 1.67. The highest BCUT2D eigenvalue weighted by Gasteiger charge is 2.07. The van der Waals surface area contributed by atoms with Gasteiger partial charge in [-0.15, -0.1) is 5.10 Å². The molecule has 23 heavy (non-hydrogen) atoms. The summed E-state index contributed by atoms with van der Waals surface area (Å²) in [7, 11) is 0. The van der Waals surface area contributed by atoms with Crippen LogP contribution in [0, 0.1) is 11.3 Å². The van der Waals surface area contributed by atoms with Crippen molar-refractivity contribution in [1.82, 2.24) is 30.0 Å². The number of carbonyl (C=O) groups excluding carboxylic acids is 1. The summed E-state index contributed by atoms with van der Waals surface area (Å²) in [5.74, 6) is 0.248. The summed E-state index contributed by atoms with van der Waals surface area (Å²) in [6, 6.07) is 11.0. The Morgan fingerprint density at radius 3 is 2.78 bits per heavy atom. The van der Waals surface area contributed by atoms with Gasteiger partial charge in [0.2, 0.25) is 5.91 Å². The molecule has 0 aliphatic heterocycles. The summed E-state index contributed by atoms with van der Waals surface area (Å²) >= 11 is 0. The Bertz CT molecular complexity index is 829. The molecular formula is C14H12N8O. The highest BCUT2D eigenvalue weighted by molar-refractivity contribution is 5.91. The van der Waals surface area contributed by atoms with Gasteiger partial charge in [0.1, 0.15) is 12.9 Å². The minimum Gasteiger partial charge on any atom is -0.309 e. The predicted octanol–water partition coefficient (Wildman–Crippen LogP) is 0.564. The minimum absolute atomic E-state index is 0.147. The lowest BCUT2D eigenvalue weighted by molar-refractivity contribution is -0.115. The van der Waals surface area contributed by atoms with Crippen molar-refractivity contribution in [2.45, 2.75) is 13.0 Å². The topological polar surface area (TPSA) is 114 Å². The first kappa shape index (κ1) is 14.4. The van der Waals surface area contributed by atoms with Gasteiger partial charge in [-0.05, 0) is 28.1 Å². The zero-order valence-corrected chi connectivity index (χ0v) is 12.0. The van der Waals surface area contributed by atoms with Gasteiger partial charge >= 0.3 is 0 Å². The van der Waals surface area contributed by atoms with Crippen molar-refractivity contribution in [1.29, 1.82) is 5.26 Å². The van der Waals surface area contributed by atoms with Crippen LogP contribution < -0.4 is 5.32 Å². The summed E-state index contributed by atoms with van der Waals surface area (Å²) in [4.78, 5) is 12.0. The SMILES string of the molecule is N#CCn1ccc(NC(=O)Cc2ccc(-n3cnnn3)cc2)n1. The minimum atomic E-state index is -0.178. The fourth-order valence-corrected chi connectivity index (χ4v) is 2.01. The van der Waals surface area contributed by atoms with Crippen molar-refractivity contribution in [3.63, 3.8) is 0 Å². The smallest absolute Gasteiger partial charge is 0.229 e. The highest BCUT2D eigenvalue weighted by Crippen LogP contribution is 2.09. The first-order chi connectivity index (χ1) is 11.2. The van der Waals surface area contributed by atoms with E-state index < -0.39 is 0 Å². The number of hydrogen-bond donors (Lipinski definition) is 1. The Labute approximate surface area is 131 Å². The third kappa shape index (κ3) is 3.56. The second-order valence-corrected chi connectivity index (χ2v) is 4.70. The average molecular weight is 308 g/mol. The average Bonchev–Trinajstić information content (AvgIpc) is 3.20. The Morgan fingerprint density at radius 1 is 1.26 bits per heavy atom. The molecule has 1 amide bonds. The standard InChI is InChI=1S/C14H12N8O/c15-6-8-21-7-5-13(18-21)17-14(23)9-11-1-3-12(4-2-11)22-10-16-19-20-22/h1-5,7,10H,8-9H2,(H,17,18,23). The molecule has 3 aromatic rings. The lowest BCUT2D eigenvalue weighted by Gasteiger charge is -2.04. The number of hydrogen-bond acceptors (Lipinski definition) is 6. The van der Waals surface area contributed by atoms with E-state index in [2.05, 4.69) is 25.9 Å². The molecule has 0 radical (unpaired) electrons. The maximum Gasteiger partial charge on any atom is 0.229 e. The molecule has 9 heteroatoms. The molecule has 9 nitrogen and oxygen atoms in total. The van der Waals surface area contributed by atoms with Crippen LogP contribution in [0.4, 0.5) is 5.82 Å². The third-order valence-electron chi connectivity index (χ3n) is 3.06. The van der Waals surface area contributed by atoms with Gasteiger partial charge in [-0.2, -0.15) is 10.4 Å². The predicted molar refractivity (Wildman–Crippen MR) is 79.3 cm³/mol. The van der Waals surface area contributed by atoms with Gasteiger partial charge in [-0.1, -0.05) is 12.1 Å². The van der Waals surface area contributed by atoms with Gasteiger partial charge in [0.05, 0.1) is 18.2 Å². The maximum absolute atomic E-state index is 12.0. The van der Waals surface area contributed by atoms with Crippen LogP contribution in [0.15, 0.2) is 42.9 Å². The molecular weight excluding hydrogens is 296 g/mol. The van der Waals surface area contributed by atoms with E-state index in [1.54, 1.807) is 12.3 Å². The molecule has 0 aliphatic carbocycles. The number of rotatable bonds is 5. The van der Waals surface area contributed by atoms with Gasteiger partial charge in [0.25, 0.3) is 0 Å². The first-order valence-electron chi connectivity index (χ1n) is 6.77. The fourth-order valence-electron chi connectivity index (χ4n) is 2.01. The lowest BCUT2D eigenvalue weighted by Crippen LogP contribution is -2.15. The molecule has 3 rings (SSSR count). The van der Waals surface area contributed by atoms with Crippen molar-refractivity contribution in [2.24, 2.45) is 0 Å². The van der Waals surface area contributed by atoms with E-state index in [1.807, 2.05) is 30.3 Å². The third-order valence-corrected chi connectivity index (χ3v) is 3.06. The number of tetrazole rings is 1. The lowest BCUT2D eigenvalue weighted by atomic mass is 10.1. The Kier molecular flexibility index (Phi) is 4.06. The number of amides is 1. The van der Waals surface area contributed by atoms with Crippen molar-refractivity contribution < 1.29 is 4.79 Å². The van der Waals surface area contributed by atoms with E-state index in [0.717, 1.165) is 11.3 Å². The normalized spacial score (nSPS) is 10.2. The number of carbonyl (C=O) groups is 1. The van der Waals surface area contributed by atoms with Crippen LogP contribution in [0.1, 0.15) is 5.56 Å². The zero-order valence-electron chi connectivity index (χ0n) is 12.0. The van der Waals surface area contributed by atoms with Gasteiger partial charge in [-0.3, -0.25) is 9.48 Å². The second kappa shape index (κ2) is 6.48. The summed E-state index contributed by atoms with van der Waals surface area (Å²) in [6.07, 6.45) is 3.36. The van der Waals surface area contributed by atoms with Gasteiger partial charge < -0.3 is 5.32 Å². The molecule has 1 N–H and O–H groups in total. The van der Waals surface area contributed by atoms with Crippen LogP contribution in [-0.4, -0.2) is 35.9 Å². The highest BCUT2D eigenvalue weighted by atomic mass is 16.1. The second-order valence-electron chi connectivity index (χ2n) is 4.70. The van der Waals surface area contributed by atoms with E-state index in [-0.39, 0.29) is 18.9 Å². The van der Waals surface area contributed by atoms with Crippen LogP contribution in [0.3, 0.4) is 0 Å². The monoisotopic (exact) mass is 308 g/mol. The largest absolute Gasteiger partial charge is 0.309 e. The van der Waals surface area contributed by atoms with Crippen LogP contribution in [0.5, 0.6) is 0 Å². The van der Waals surface area contributed by atoms with Crippen LogP contribution in [0.25, 0.3) is 5.69 Å². The number of aromatic nitrogens is 6. The van der Waals surface area contributed by atoms with Crippen LogP contribution in [-0.2, 0) is 17.8 Å². The number of benzene rings is 1. The molecule has 0 saturated carbocycles. The molecule has 0 aliphatic rings. The molecule has 0 spiro atoms. The summed E-state index contributed by atoms with van der Waals surface area (Å²) < 4.78 is 2.99. The van der Waals surface area contributed by atoms with E-state index in [9.17, 15) is 4.79 Å². The summed E-state index contributed by atoms with van der Waals surface area (Å²) in [6.45, 7) is 0.147. The molecule has 0 fully saturated rings. The van der Waals surface area contributed by atoms with Crippen molar-refractivity contribution in [3.8, 4) is 11.8 Å². The molecule has 0 bridgehead atoms. The van der Waals surface area contributed by atoms with Crippen molar-refractivity contribution >= 4 is 11.7 Å². The quantitative estimate of drug-likeness (QED) is 0.736. The zero-order chi connectivity index (χ0) is 16.1. The molecule has 1 aromatic carbocycles. The van der Waals surface area contributed by atoms with Gasteiger partial charge in [0.15, 0.2) is 5.82 Å². The fraction of sp³-hybridized carbons (Fsp3) is 0.143. The summed E-state index contributed by atoms with van der Waals surface area (Å²) in [5, 5.41) is 26.3. The molecule has 114 valence electrons. The molecule has 0 atom stereocenters. The Morgan fingerprint density at radius 2 is 2.09 bits per heavy atom. The Hall–Kier alpha value is -3.54. The Balaban J connectivity index is 1.60. The number of anilines is 1. The molecule has 0 saturated heterocycles. The van der Waals surface area contributed by atoms with E-state index in [0.29, 0.717) is 5.82 Å². The van der Waals surface area contributed by atoms with Crippen molar-refractivity contribution in [3.05, 3.63) is 48.4 Å². The van der Waals surface area contributed by atoms with E-state index in [1.165, 1.54) is 15.7 Å². The van der Waals surface area contributed by atoms with Crippen LogP contribution >= 0.6 is 0 Å². The van der Waals surface area contributed by atoms with Crippen LogP contribution in [0.2, 0.25) is 0 Å². The molecule has 2 aromatic heterocycles. The molecule has 0 unspecified atom stereocenters. The van der Waals surface area contributed by atoms with E-state index in [4.69, 9.17) is 5.26 Å². The van der Waals surface area contributed by atoms with Gasteiger partial charge in [0, 0.05) is 12.3 Å². The molecule has 2 heterocycles. The number of nitriles is 1. The number of nitrogens with zero attached hydrogens (tertiary/aromatic N) is 7. The number of nitrogens with one attached hydrogen (secondary N) is 1.